The van der Waals surface area contributed by atoms with Crippen LogP contribution < -0.4 is 0 Å². The molecule has 0 spiro atoms. The fourth-order valence-electron chi connectivity index (χ4n) is 1.43. The molecule has 1 aromatic rings. The first-order valence-electron chi connectivity index (χ1n) is 4.36. The van der Waals surface area contributed by atoms with Crippen LogP contribution in [0.15, 0.2) is 54.8 Å². The summed E-state index contributed by atoms with van der Waals surface area (Å²) in [6, 6.07) is 10.3. The van der Waals surface area contributed by atoms with E-state index >= 15 is 0 Å². The normalized spacial score (nSPS) is 20.8. The lowest BCUT2D eigenvalue weighted by Crippen LogP contribution is -2.29. The van der Waals surface area contributed by atoms with E-state index in [0.717, 1.165) is 17.8 Å². The van der Waals surface area contributed by atoms with Crippen molar-refractivity contribution in [2.75, 3.05) is 0 Å². The molecule has 0 N–H and O–H groups in total. The van der Waals surface area contributed by atoms with E-state index in [1.54, 1.807) is 0 Å². The Bertz CT molecular complexity index is 337. The van der Waals surface area contributed by atoms with Crippen LogP contribution in [0.25, 0.3) is 0 Å². The summed E-state index contributed by atoms with van der Waals surface area (Å²) >= 11 is 0. The molecule has 1 unspecified atom stereocenters. The maximum absolute atomic E-state index is 5.36. The molecule has 0 saturated carbocycles. The summed E-state index contributed by atoms with van der Waals surface area (Å²) in [6.45, 7) is 7.61. The molecule has 13 heavy (non-hydrogen) atoms. The van der Waals surface area contributed by atoms with Crippen LogP contribution in [-0.2, 0) is 11.2 Å². The van der Waals surface area contributed by atoms with Crippen molar-refractivity contribution in [1.29, 1.82) is 0 Å². The van der Waals surface area contributed by atoms with Gasteiger partial charge in [-0.05, 0) is 5.56 Å². The van der Waals surface area contributed by atoms with Crippen molar-refractivity contribution in [2.45, 2.75) is 12.5 Å². The highest BCUT2D eigenvalue weighted by Gasteiger charge is 2.28. The summed E-state index contributed by atoms with van der Waals surface area (Å²) in [4.78, 5) is 0. The van der Waals surface area contributed by atoms with Gasteiger partial charge in [-0.3, -0.25) is 0 Å². The first kappa shape index (κ1) is 8.11. The lowest BCUT2D eigenvalue weighted by molar-refractivity contribution is 0.0854. The second kappa shape index (κ2) is 3.09. The van der Waals surface area contributed by atoms with Gasteiger partial charge in [0.2, 0.25) is 0 Å². The summed E-state index contributed by atoms with van der Waals surface area (Å²) < 4.78 is 5.36. The second-order valence-electron chi connectivity index (χ2n) is 3.24. The van der Waals surface area contributed by atoms with Gasteiger partial charge >= 0.3 is 0 Å². The van der Waals surface area contributed by atoms with Crippen molar-refractivity contribution in [3.63, 3.8) is 0 Å². The highest BCUT2D eigenvalue weighted by Crippen LogP contribution is 2.30. The van der Waals surface area contributed by atoms with Gasteiger partial charge < -0.3 is 4.74 Å². The molecule has 1 saturated heterocycles. The van der Waals surface area contributed by atoms with E-state index in [4.69, 9.17) is 4.74 Å². The van der Waals surface area contributed by atoms with E-state index in [1.807, 2.05) is 18.2 Å². The number of hydrogen-bond acceptors (Lipinski definition) is 1. The lowest BCUT2D eigenvalue weighted by atomic mass is 9.97. The molecule has 1 aromatic carbocycles. The van der Waals surface area contributed by atoms with Crippen molar-refractivity contribution < 1.29 is 4.74 Å². The lowest BCUT2D eigenvalue weighted by Gasteiger charge is -2.32. The summed E-state index contributed by atoms with van der Waals surface area (Å²) in [5, 5.41) is 0. The molecule has 0 radical (unpaired) electrons. The predicted molar refractivity (Wildman–Crippen MR) is 53.3 cm³/mol. The molecule has 0 amide bonds. The van der Waals surface area contributed by atoms with Gasteiger partial charge in [0.05, 0.1) is 0 Å². The molecule has 0 aliphatic carbocycles. The monoisotopic (exact) mass is 172 g/mol. The van der Waals surface area contributed by atoms with Crippen molar-refractivity contribution >= 4 is 0 Å². The van der Waals surface area contributed by atoms with E-state index < -0.39 is 0 Å². The van der Waals surface area contributed by atoms with Crippen LogP contribution >= 0.6 is 0 Å². The molecule has 1 heteroatoms. The Morgan fingerprint density at radius 1 is 1.15 bits per heavy atom. The fourth-order valence-corrected chi connectivity index (χ4v) is 1.43. The van der Waals surface area contributed by atoms with Crippen LogP contribution in [-0.4, -0.2) is 6.10 Å². The van der Waals surface area contributed by atoms with Gasteiger partial charge in [0.15, 0.2) is 0 Å². The molecule has 66 valence electrons. The summed E-state index contributed by atoms with van der Waals surface area (Å²) in [5.41, 5.74) is 2.31. The topological polar surface area (TPSA) is 9.23 Å². The van der Waals surface area contributed by atoms with Crippen LogP contribution in [0.2, 0.25) is 0 Å². The van der Waals surface area contributed by atoms with E-state index in [2.05, 4.69) is 25.3 Å². The standard InChI is InChI=1S/C12H12O/c1-9-10(2)13-12(9)8-11-6-4-3-5-7-11/h3-7,12H,1-2,8H2. The van der Waals surface area contributed by atoms with Gasteiger partial charge in [0.25, 0.3) is 0 Å². The third-order valence-electron chi connectivity index (χ3n) is 2.30. The maximum Gasteiger partial charge on any atom is 0.131 e. The summed E-state index contributed by atoms with van der Waals surface area (Å²) in [6.07, 6.45) is 1.05. The minimum absolute atomic E-state index is 0.148. The minimum Gasteiger partial charge on any atom is -0.485 e. The van der Waals surface area contributed by atoms with Crippen molar-refractivity contribution in [3.8, 4) is 0 Å². The SMILES string of the molecule is C=C1OC(Cc2ccccc2)C1=C. The van der Waals surface area contributed by atoms with Crippen LogP contribution in [0.5, 0.6) is 0 Å². The van der Waals surface area contributed by atoms with E-state index in [-0.39, 0.29) is 6.10 Å². The zero-order valence-electron chi connectivity index (χ0n) is 7.49. The number of hydrogen-bond donors (Lipinski definition) is 0. The van der Waals surface area contributed by atoms with Crippen molar-refractivity contribution in [3.05, 3.63) is 60.4 Å². The van der Waals surface area contributed by atoms with Crippen LogP contribution in [0.1, 0.15) is 5.56 Å². The smallest absolute Gasteiger partial charge is 0.131 e. The van der Waals surface area contributed by atoms with Crippen LogP contribution in [0.4, 0.5) is 0 Å². The highest BCUT2D eigenvalue weighted by atomic mass is 16.5. The average molecular weight is 172 g/mol. The van der Waals surface area contributed by atoms with Gasteiger partial charge in [0.1, 0.15) is 11.9 Å². The first-order chi connectivity index (χ1) is 6.27. The van der Waals surface area contributed by atoms with Gasteiger partial charge in [-0.25, -0.2) is 0 Å². The molecule has 1 aliphatic heterocycles. The Hall–Kier alpha value is -1.50. The van der Waals surface area contributed by atoms with Crippen molar-refractivity contribution in [1.82, 2.24) is 0 Å². The Morgan fingerprint density at radius 2 is 1.85 bits per heavy atom. The first-order valence-corrected chi connectivity index (χ1v) is 4.36. The zero-order chi connectivity index (χ0) is 9.26. The molecular weight excluding hydrogens is 160 g/mol. The van der Waals surface area contributed by atoms with E-state index in [0.29, 0.717) is 0 Å². The van der Waals surface area contributed by atoms with Gasteiger partial charge in [-0.2, -0.15) is 0 Å². The molecule has 1 atom stereocenters. The number of benzene rings is 1. The zero-order valence-corrected chi connectivity index (χ0v) is 7.49. The number of ether oxygens (including phenoxy) is 1. The Balaban J connectivity index is 2.01. The third-order valence-corrected chi connectivity index (χ3v) is 2.30. The molecular formula is C12H12O. The highest BCUT2D eigenvalue weighted by molar-refractivity contribution is 5.34. The van der Waals surface area contributed by atoms with Crippen molar-refractivity contribution in [2.24, 2.45) is 0 Å². The molecule has 1 nitrogen and oxygen atoms in total. The van der Waals surface area contributed by atoms with Crippen LogP contribution in [0, 0.1) is 0 Å². The molecule has 1 aliphatic rings. The van der Waals surface area contributed by atoms with Gasteiger partial charge in [-0.15, -0.1) is 0 Å². The summed E-state index contributed by atoms with van der Waals surface area (Å²) in [7, 11) is 0. The second-order valence-corrected chi connectivity index (χ2v) is 3.24. The molecule has 0 aromatic heterocycles. The summed E-state index contributed by atoms with van der Waals surface area (Å²) in [5.74, 6) is 0.737. The molecule has 1 fully saturated rings. The van der Waals surface area contributed by atoms with Gasteiger partial charge in [-0.1, -0.05) is 43.5 Å². The Morgan fingerprint density at radius 3 is 2.38 bits per heavy atom. The third kappa shape index (κ3) is 1.50. The fraction of sp³-hybridized carbons (Fsp3) is 0.167. The molecule has 0 bridgehead atoms. The Labute approximate surface area is 78.3 Å². The van der Waals surface area contributed by atoms with E-state index in [1.165, 1.54) is 5.56 Å². The predicted octanol–water partition coefficient (Wildman–Crippen LogP) is 2.70. The Kier molecular flexibility index (Phi) is 1.93. The van der Waals surface area contributed by atoms with Gasteiger partial charge in [0, 0.05) is 12.0 Å². The molecule has 1 heterocycles. The van der Waals surface area contributed by atoms with E-state index in [9.17, 15) is 0 Å². The maximum atomic E-state index is 5.36. The quantitative estimate of drug-likeness (QED) is 0.666. The minimum atomic E-state index is 0.148. The van der Waals surface area contributed by atoms with Crippen LogP contribution in [0.3, 0.4) is 0 Å². The molecule has 2 rings (SSSR count). The number of rotatable bonds is 2. The average Bonchev–Trinajstić information content (AvgIpc) is 2.19. The largest absolute Gasteiger partial charge is 0.485 e.